The Morgan fingerprint density at radius 1 is 0.893 bits per heavy atom. The van der Waals surface area contributed by atoms with Gasteiger partial charge in [-0.15, -0.1) is 0 Å². The second kappa shape index (κ2) is 9.48. The maximum absolute atomic E-state index is 12.2. The third-order valence-electron chi connectivity index (χ3n) is 3.51. The highest BCUT2D eigenvalue weighted by Gasteiger charge is 2.56. The van der Waals surface area contributed by atoms with Gasteiger partial charge in [0, 0.05) is 20.8 Å². The van der Waals surface area contributed by atoms with Gasteiger partial charge in [-0.05, 0) is 13.8 Å². The van der Waals surface area contributed by atoms with E-state index < -0.39 is 60.2 Å². The Morgan fingerprint density at radius 3 is 1.79 bits per heavy atom. The first kappa shape index (κ1) is 23.3. The molecule has 156 valence electrons. The lowest BCUT2D eigenvalue weighted by molar-refractivity contribution is -0.315. The topological polar surface area (TPSA) is 147 Å². The molecule has 28 heavy (non-hydrogen) atoms. The molecule has 1 aliphatic rings. The Hall–Kier alpha value is -2.71. The molecular formula is C17H23NO10. The smallest absolute Gasteiger partial charge is 0.339 e. The van der Waals surface area contributed by atoms with Crippen molar-refractivity contribution in [1.82, 2.24) is 0 Å². The van der Waals surface area contributed by atoms with Gasteiger partial charge in [-0.3, -0.25) is 14.4 Å². The maximum Gasteiger partial charge on any atom is 0.339 e. The highest BCUT2D eigenvalue weighted by Crippen LogP contribution is 2.32. The molecule has 0 aromatic carbocycles. The summed E-state index contributed by atoms with van der Waals surface area (Å²) in [6.07, 6.45) is -7.44. The van der Waals surface area contributed by atoms with E-state index in [4.69, 9.17) is 23.7 Å². The molecule has 1 fully saturated rings. The van der Waals surface area contributed by atoms with E-state index in [1.165, 1.54) is 13.8 Å². The minimum atomic E-state index is -1.57. The fourth-order valence-corrected chi connectivity index (χ4v) is 2.49. The van der Waals surface area contributed by atoms with Crippen LogP contribution in [-0.4, -0.2) is 67.3 Å². The molecule has 1 rings (SSSR count). The Balaban J connectivity index is 3.45. The van der Waals surface area contributed by atoms with Crippen LogP contribution in [0.15, 0.2) is 0 Å². The lowest BCUT2D eigenvalue weighted by Gasteiger charge is -2.44. The second-order valence-electron chi connectivity index (χ2n) is 6.41. The van der Waals surface area contributed by atoms with Crippen LogP contribution in [0.1, 0.15) is 34.6 Å². The number of esters is 4. The van der Waals surface area contributed by atoms with Crippen LogP contribution in [-0.2, 0) is 47.6 Å². The van der Waals surface area contributed by atoms with E-state index in [9.17, 15) is 24.4 Å². The van der Waals surface area contributed by atoms with Crippen LogP contribution in [0.25, 0.3) is 0 Å². The van der Waals surface area contributed by atoms with Gasteiger partial charge in [0.1, 0.15) is 0 Å². The fraction of sp³-hybridized carbons (Fsp3) is 0.706. The number of carbonyl (C=O) groups excluding carboxylic acids is 4. The summed E-state index contributed by atoms with van der Waals surface area (Å²) in [5.74, 6) is -3.35. The fourth-order valence-electron chi connectivity index (χ4n) is 2.49. The van der Waals surface area contributed by atoms with Gasteiger partial charge in [0.2, 0.25) is 6.29 Å². The van der Waals surface area contributed by atoms with Gasteiger partial charge >= 0.3 is 23.9 Å². The van der Waals surface area contributed by atoms with Crippen LogP contribution in [0.2, 0.25) is 0 Å². The molecule has 0 aromatic heterocycles. The summed E-state index contributed by atoms with van der Waals surface area (Å²) < 4.78 is 31.1. The highest BCUT2D eigenvalue weighted by molar-refractivity contribution is 5.77. The summed E-state index contributed by atoms with van der Waals surface area (Å²) in [5.41, 5.74) is -1.42. The van der Waals surface area contributed by atoms with E-state index in [0.29, 0.717) is 0 Å². The van der Waals surface area contributed by atoms with Gasteiger partial charge in [0.25, 0.3) is 0 Å². The van der Waals surface area contributed by atoms with Crippen LogP contribution >= 0.6 is 0 Å². The summed E-state index contributed by atoms with van der Waals surface area (Å²) in [6.45, 7) is 6.06. The number of nitriles is 1. The molecule has 0 unspecified atom stereocenters. The normalized spacial score (nSPS) is 27.1. The quantitative estimate of drug-likeness (QED) is 0.437. The third-order valence-corrected chi connectivity index (χ3v) is 3.51. The maximum atomic E-state index is 12.2. The van der Waals surface area contributed by atoms with Gasteiger partial charge in [0.15, 0.2) is 30.0 Å². The summed E-state index contributed by atoms with van der Waals surface area (Å²) in [7, 11) is 1.07. The largest absolute Gasteiger partial charge is 0.467 e. The van der Waals surface area contributed by atoms with E-state index in [-0.39, 0.29) is 0 Å². The summed E-state index contributed by atoms with van der Waals surface area (Å²) in [6, 6.07) is 1.87. The molecule has 0 spiro atoms. The van der Waals surface area contributed by atoms with Crippen molar-refractivity contribution < 1.29 is 47.6 Å². The first-order chi connectivity index (χ1) is 12.9. The zero-order chi connectivity index (χ0) is 21.6. The predicted molar refractivity (Wildman–Crippen MR) is 88.1 cm³/mol. The average molecular weight is 401 g/mol. The number of methoxy groups -OCH3 is 1. The van der Waals surface area contributed by atoms with Crippen LogP contribution in [0.4, 0.5) is 0 Å². The Morgan fingerprint density at radius 2 is 1.36 bits per heavy atom. The monoisotopic (exact) mass is 401 g/mol. The lowest BCUT2D eigenvalue weighted by Crippen LogP contribution is -2.64. The molecule has 1 heterocycles. The SMILES string of the molecule is COC(=O)[C@H]1O[C@@H](OC(C)(C)C#N)[C@H](OC(C)=O)[C@@H](OC(C)=O)[C@@H]1OC(C)=O. The molecule has 0 bridgehead atoms. The number of hydrogen-bond donors (Lipinski definition) is 0. The summed E-state index contributed by atoms with van der Waals surface area (Å²) >= 11 is 0. The summed E-state index contributed by atoms with van der Waals surface area (Å²) in [5, 5.41) is 9.21. The number of hydrogen-bond acceptors (Lipinski definition) is 11. The van der Waals surface area contributed by atoms with Crippen molar-refractivity contribution in [3.05, 3.63) is 0 Å². The number of nitrogens with zero attached hydrogens (tertiary/aromatic N) is 1. The van der Waals surface area contributed by atoms with E-state index in [0.717, 1.165) is 27.9 Å². The van der Waals surface area contributed by atoms with E-state index >= 15 is 0 Å². The summed E-state index contributed by atoms with van der Waals surface area (Å²) in [4.78, 5) is 46.9. The molecule has 11 heteroatoms. The molecule has 1 saturated heterocycles. The van der Waals surface area contributed by atoms with Gasteiger partial charge in [-0.1, -0.05) is 0 Å². The molecule has 1 aliphatic heterocycles. The molecule has 11 nitrogen and oxygen atoms in total. The molecule has 0 N–H and O–H groups in total. The van der Waals surface area contributed by atoms with Crippen LogP contribution in [0.5, 0.6) is 0 Å². The molecule has 0 radical (unpaired) electrons. The van der Waals surface area contributed by atoms with Gasteiger partial charge in [-0.25, -0.2) is 4.79 Å². The van der Waals surface area contributed by atoms with E-state index in [2.05, 4.69) is 4.74 Å². The van der Waals surface area contributed by atoms with Gasteiger partial charge < -0.3 is 28.4 Å². The molecule has 0 amide bonds. The van der Waals surface area contributed by atoms with Crippen molar-refractivity contribution in [2.24, 2.45) is 0 Å². The number of carbonyl (C=O) groups is 4. The van der Waals surface area contributed by atoms with Crippen LogP contribution in [0.3, 0.4) is 0 Å². The van der Waals surface area contributed by atoms with Crippen molar-refractivity contribution in [1.29, 1.82) is 5.26 Å². The average Bonchev–Trinajstić information content (AvgIpc) is 2.57. The second-order valence-corrected chi connectivity index (χ2v) is 6.41. The van der Waals surface area contributed by atoms with E-state index in [1.807, 2.05) is 6.07 Å². The van der Waals surface area contributed by atoms with Crippen LogP contribution < -0.4 is 0 Å². The third kappa shape index (κ3) is 6.17. The molecule has 5 atom stereocenters. The lowest BCUT2D eigenvalue weighted by atomic mass is 9.97. The Labute approximate surface area is 161 Å². The number of ether oxygens (including phenoxy) is 6. The minimum absolute atomic E-state index is 0.785. The minimum Gasteiger partial charge on any atom is -0.467 e. The number of rotatable bonds is 6. The highest BCUT2D eigenvalue weighted by atomic mass is 16.7. The zero-order valence-corrected chi connectivity index (χ0v) is 16.4. The van der Waals surface area contributed by atoms with Gasteiger partial charge in [-0.2, -0.15) is 5.26 Å². The Bertz CT molecular complexity index is 667. The van der Waals surface area contributed by atoms with Crippen molar-refractivity contribution in [2.45, 2.75) is 70.9 Å². The van der Waals surface area contributed by atoms with Crippen LogP contribution in [0, 0.1) is 11.3 Å². The van der Waals surface area contributed by atoms with Gasteiger partial charge in [0.05, 0.1) is 13.2 Å². The first-order valence-corrected chi connectivity index (χ1v) is 8.26. The zero-order valence-electron chi connectivity index (χ0n) is 16.4. The molecule has 0 aromatic rings. The molecule has 0 aliphatic carbocycles. The van der Waals surface area contributed by atoms with Crippen molar-refractivity contribution in [2.75, 3.05) is 7.11 Å². The molecule has 0 saturated carbocycles. The van der Waals surface area contributed by atoms with E-state index in [1.54, 1.807) is 0 Å². The standard InChI is InChI=1S/C17H23NO10/c1-8(19)24-11-12(25-9(2)20)14(26-10(3)21)16(28-17(4,5)7-18)27-13(11)15(22)23-6/h11-14,16H,1-6H3/t11-,12-,13-,14+,16-/m0/s1. The Kier molecular flexibility index (Phi) is 7.89. The van der Waals surface area contributed by atoms with Crippen molar-refractivity contribution in [3.8, 4) is 6.07 Å². The predicted octanol–water partition coefficient (Wildman–Crippen LogP) is -0.00182. The first-order valence-electron chi connectivity index (χ1n) is 8.26. The van der Waals surface area contributed by atoms with Crippen molar-refractivity contribution >= 4 is 23.9 Å². The van der Waals surface area contributed by atoms with Crippen molar-refractivity contribution in [3.63, 3.8) is 0 Å². The molecular weight excluding hydrogens is 378 g/mol.